The molecular weight excluding hydrogens is 376 g/mol. The van der Waals surface area contributed by atoms with Crippen LogP contribution in [0, 0.1) is 0 Å². The smallest absolute Gasteiger partial charge is 0.275 e. The van der Waals surface area contributed by atoms with Gasteiger partial charge < -0.3 is 9.64 Å². The van der Waals surface area contributed by atoms with E-state index in [4.69, 9.17) is 4.74 Å². The van der Waals surface area contributed by atoms with Gasteiger partial charge in [0.15, 0.2) is 0 Å². The van der Waals surface area contributed by atoms with Crippen LogP contribution in [0.15, 0.2) is 60.8 Å². The van der Waals surface area contributed by atoms with E-state index in [0.29, 0.717) is 13.0 Å². The van der Waals surface area contributed by atoms with Gasteiger partial charge in [-0.15, -0.1) is 0 Å². The predicted octanol–water partition coefficient (Wildman–Crippen LogP) is 4.10. The Bertz CT molecular complexity index is 1000. The van der Waals surface area contributed by atoms with E-state index in [2.05, 4.69) is 5.10 Å². The van der Waals surface area contributed by atoms with Gasteiger partial charge in [0.1, 0.15) is 18.0 Å². The number of ether oxygens (including phenoxy) is 1. The van der Waals surface area contributed by atoms with E-state index in [0.717, 1.165) is 27.1 Å². The van der Waals surface area contributed by atoms with Gasteiger partial charge in [-0.1, -0.05) is 36.4 Å². The second-order valence-electron chi connectivity index (χ2n) is 7.01. The van der Waals surface area contributed by atoms with Crippen LogP contribution in [0.1, 0.15) is 33.2 Å². The summed E-state index contributed by atoms with van der Waals surface area (Å²) in [5.74, 6) is 0.455. The van der Waals surface area contributed by atoms with Crippen molar-refractivity contribution in [3.63, 3.8) is 0 Å². The van der Waals surface area contributed by atoms with Crippen LogP contribution in [-0.2, 0) is 19.5 Å². The van der Waals surface area contributed by atoms with Crippen LogP contribution >= 0.6 is 0 Å². The molecule has 29 heavy (non-hydrogen) atoms. The number of carbonyl (C=O) groups excluding carboxylic acids is 1. The summed E-state index contributed by atoms with van der Waals surface area (Å²) in [5, 5.41) is 4.06. The molecule has 2 aromatic carbocycles. The van der Waals surface area contributed by atoms with Crippen molar-refractivity contribution in [1.29, 1.82) is 0 Å². The van der Waals surface area contributed by atoms with E-state index in [1.165, 1.54) is 12.3 Å². The number of halogens is 2. The summed E-state index contributed by atoms with van der Waals surface area (Å²) in [6.07, 6.45) is -0.450. The van der Waals surface area contributed by atoms with Crippen LogP contribution in [0.4, 0.5) is 8.78 Å². The predicted molar refractivity (Wildman–Crippen MR) is 104 cm³/mol. The number of amides is 1. The van der Waals surface area contributed by atoms with Crippen molar-refractivity contribution in [2.24, 2.45) is 0 Å². The number of hydrogen-bond acceptors (Lipinski definition) is 3. The average Bonchev–Trinajstić information content (AvgIpc) is 3.20. The minimum absolute atomic E-state index is 0.162. The summed E-state index contributed by atoms with van der Waals surface area (Å²) in [4.78, 5) is 15.0. The standard InChI is InChI=1S/C22H21F2N3O2/c1-29-18-8-7-16-12-20(15-5-3-2-4-6-15)27(13-17(16)11-18)22(28)19-9-10-26(25-19)14-21(23)24/h2-11,20-21H,12-14H2,1H3. The lowest BCUT2D eigenvalue weighted by atomic mass is 9.89. The van der Waals surface area contributed by atoms with Crippen molar-refractivity contribution in [3.8, 4) is 5.75 Å². The summed E-state index contributed by atoms with van der Waals surface area (Å²) in [7, 11) is 1.61. The maximum Gasteiger partial charge on any atom is 0.275 e. The van der Waals surface area contributed by atoms with E-state index in [9.17, 15) is 13.6 Å². The second kappa shape index (κ2) is 8.03. The molecule has 0 saturated carbocycles. The van der Waals surface area contributed by atoms with E-state index >= 15 is 0 Å². The van der Waals surface area contributed by atoms with Gasteiger partial charge in [-0.2, -0.15) is 5.10 Å². The molecule has 1 aliphatic heterocycles. The highest BCUT2D eigenvalue weighted by Gasteiger charge is 2.32. The van der Waals surface area contributed by atoms with Gasteiger partial charge in [-0.3, -0.25) is 9.48 Å². The minimum Gasteiger partial charge on any atom is -0.497 e. The Balaban J connectivity index is 1.69. The van der Waals surface area contributed by atoms with E-state index in [1.807, 2.05) is 48.5 Å². The lowest BCUT2D eigenvalue weighted by Crippen LogP contribution is -2.39. The molecule has 0 aliphatic carbocycles. The molecule has 2 heterocycles. The number of carbonyl (C=O) groups is 1. The van der Waals surface area contributed by atoms with Crippen molar-refractivity contribution in [2.75, 3.05) is 7.11 Å². The van der Waals surface area contributed by atoms with Crippen LogP contribution in [0.3, 0.4) is 0 Å². The molecule has 1 aromatic heterocycles. The van der Waals surface area contributed by atoms with E-state index in [-0.39, 0.29) is 17.6 Å². The highest BCUT2D eigenvalue weighted by atomic mass is 19.3. The first kappa shape index (κ1) is 19.1. The van der Waals surface area contributed by atoms with E-state index < -0.39 is 13.0 Å². The molecule has 150 valence electrons. The molecule has 3 aromatic rings. The minimum atomic E-state index is -2.52. The van der Waals surface area contributed by atoms with Crippen molar-refractivity contribution < 1.29 is 18.3 Å². The van der Waals surface area contributed by atoms with Crippen molar-refractivity contribution in [2.45, 2.75) is 32.0 Å². The molecule has 4 rings (SSSR count). The summed E-state index contributed by atoms with van der Waals surface area (Å²) in [6, 6.07) is 17.0. The number of rotatable bonds is 5. The fraction of sp³-hybridized carbons (Fsp3) is 0.273. The van der Waals surface area contributed by atoms with Gasteiger partial charge in [0.05, 0.1) is 13.2 Å². The zero-order valence-corrected chi connectivity index (χ0v) is 16.0. The van der Waals surface area contributed by atoms with Crippen LogP contribution in [0.5, 0.6) is 5.75 Å². The Hall–Kier alpha value is -3.22. The van der Waals surface area contributed by atoms with Crippen molar-refractivity contribution >= 4 is 5.91 Å². The number of nitrogens with zero attached hydrogens (tertiary/aromatic N) is 3. The molecule has 0 saturated heterocycles. The van der Waals surface area contributed by atoms with E-state index in [1.54, 1.807) is 12.0 Å². The van der Waals surface area contributed by atoms with Gasteiger partial charge in [0.25, 0.3) is 12.3 Å². The number of hydrogen-bond donors (Lipinski definition) is 0. The summed E-state index contributed by atoms with van der Waals surface area (Å²) < 4.78 is 31.7. The average molecular weight is 397 g/mol. The zero-order chi connectivity index (χ0) is 20.4. The number of methoxy groups -OCH3 is 1. The highest BCUT2D eigenvalue weighted by molar-refractivity contribution is 5.92. The number of fused-ring (bicyclic) bond motifs is 1. The molecule has 1 amide bonds. The summed E-state index contributed by atoms with van der Waals surface area (Å²) >= 11 is 0. The van der Waals surface area contributed by atoms with Gasteiger partial charge >= 0.3 is 0 Å². The molecule has 5 nitrogen and oxygen atoms in total. The molecule has 1 unspecified atom stereocenters. The Kier molecular flexibility index (Phi) is 5.29. The lowest BCUT2D eigenvalue weighted by molar-refractivity contribution is 0.0628. The lowest BCUT2D eigenvalue weighted by Gasteiger charge is -2.37. The number of alkyl halides is 2. The molecule has 1 atom stereocenters. The third-order valence-corrected chi connectivity index (χ3v) is 5.17. The van der Waals surface area contributed by atoms with Gasteiger partial charge in [-0.05, 0) is 41.3 Å². The Morgan fingerprint density at radius 1 is 1.17 bits per heavy atom. The van der Waals surface area contributed by atoms with Crippen LogP contribution in [0.25, 0.3) is 0 Å². The summed E-state index contributed by atoms with van der Waals surface area (Å²) in [6.45, 7) is -0.137. The Labute approximate surface area is 167 Å². The Morgan fingerprint density at radius 2 is 1.97 bits per heavy atom. The fourth-order valence-corrected chi connectivity index (χ4v) is 3.74. The second-order valence-corrected chi connectivity index (χ2v) is 7.01. The van der Waals surface area contributed by atoms with Gasteiger partial charge in [-0.25, -0.2) is 8.78 Å². The van der Waals surface area contributed by atoms with Gasteiger partial charge in [0, 0.05) is 12.7 Å². The quantitative estimate of drug-likeness (QED) is 0.651. The van der Waals surface area contributed by atoms with Crippen LogP contribution in [-0.4, -0.2) is 34.1 Å². The fourth-order valence-electron chi connectivity index (χ4n) is 3.74. The largest absolute Gasteiger partial charge is 0.497 e. The van der Waals surface area contributed by atoms with Crippen molar-refractivity contribution in [3.05, 3.63) is 83.2 Å². The van der Waals surface area contributed by atoms with Crippen molar-refractivity contribution in [1.82, 2.24) is 14.7 Å². The first-order chi connectivity index (χ1) is 14.0. The zero-order valence-electron chi connectivity index (χ0n) is 16.0. The normalized spacial score (nSPS) is 16.0. The number of aromatic nitrogens is 2. The molecule has 0 radical (unpaired) electrons. The van der Waals surface area contributed by atoms with Crippen LogP contribution in [0.2, 0.25) is 0 Å². The Morgan fingerprint density at radius 3 is 2.69 bits per heavy atom. The molecule has 0 spiro atoms. The maximum absolute atomic E-state index is 13.3. The monoisotopic (exact) mass is 397 g/mol. The molecule has 0 N–H and O–H groups in total. The molecule has 0 bridgehead atoms. The van der Waals surface area contributed by atoms with Crippen LogP contribution < -0.4 is 4.74 Å². The first-order valence-electron chi connectivity index (χ1n) is 9.38. The molecule has 7 heteroatoms. The number of benzene rings is 2. The topological polar surface area (TPSA) is 47.4 Å². The third kappa shape index (κ3) is 3.99. The first-order valence-corrected chi connectivity index (χ1v) is 9.38. The van der Waals surface area contributed by atoms with Gasteiger partial charge in [0.2, 0.25) is 0 Å². The molecular formula is C22H21F2N3O2. The maximum atomic E-state index is 13.3. The molecule has 1 aliphatic rings. The highest BCUT2D eigenvalue weighted by Crippen LogP contribution is 2.35. The third-order valence-electron chi connectivity index (χ3n) is 5.17. The molecule has 0 fully saturated rings. The summed E-state index contributed by atoms with van der Waals surface area (Å²) in [5.41, 5.74) is 3.36. The SMILES string of the molecule is COc1ccc2c(c1)CN(C(=O)c1ccn(CC(F)F)n1)C(c1ccccc1)C2.